The van der Waals surface area contributed by atoms with Gasteiger partial charge in [-0.2, -0.15) is 0 Å². The minimum atomic E-state index is -0.957. The van der Waals surface area contributed by atoms with E-state index in [0.29, 0.717) is 30.4 Å². The van der Waals surface area contributed by atoms with Crippen LogP contribution in [0.4, 0.5) is 0 Å². The Labute approximate surface area is 163 Å². The molecule has 0 bridgehead atoms. The van der Waals surface area contributed by atoms with Crippen molar-refractivity contribution in [2.45, 2.75) is 33.0 Å². The lowest BCUT2D eigenvalue weighted by molar-refractivity contribution is -0.149. The van der Waals surface area contributed by atoms with Crippen LogP contribution >= 0.6 is 0 Å². The third kappa shape index (κ3) is 4.98. The van der Waals surface area contributed by atoms with Gasteiger partial charge in [-0.25, -0.2) is 9.78 Å². The van der Waals surface area contributed by atoms with Crippen molar-refractivity contribution in [3.8, 4) is 17.2 Å². The van der Waals surface area contributed by atoms with E-state index in [-0.39, 0.29) is 6.61 Å². The molecule has 1 atom stereocenters. The Morgan fingerprint density at radius 3 is 2.68 bits per heavy atom. The summed E-state index contributed by atoms with van der Waals surface area (Å²) in [7, 11) is 0. The quantitative estimate of drug-likeness (QED) is 0.596. The van der Waals surface area contributed by atoms with Crippen LogP contribution in [-0.2, 0) is 22.6 Å². The molecule has 0 saturated carbocycles. The van der Waals surface area contributed by atoms with Crippen LogP contribution in [0, 0.1) is 6.92 Å². The summed E-state index contributed by atoms with van der Waals surface area (Å²) in [5.74, 6) is 0.289. The molecule has 1 unspecified atom stereocenters. The number of benzene rings is 2. The highest BCUT2D eigenvalue weighted by molar-refractivity contribution is 5.72. The lowest BCUT2D eigenvalue weighted by atomic mass is 10.0. The largest absolute Gasteiger partial charge is 0.487 e. The standard InChI is InChI=1S/C22H23NO5/c1-3-26-20(22(24)25)12-17-9-10-19(11-15(17)2)27-13-18-14-28-21(23-18)16-7-5-4-6-8-16/h4-11,14,20H,3,12-13H2,1-2H3,(H,24,25). The fraction of sp³-hybridized carbons (Fsp3) is 0.273. The van der Waals surface area contributed by atoms with Crippen molar-refractivity contribution in [1.82, 2.24) is 4.98 Å². The molecule has 0 aliphatic carbocycles. The summed E-state index contributed by atoms with van der Waals surface area (Å²) in [5.41, 5.74) is 3.48. The third-order valence-electron chi connectivity index (χ3n) is 4.32. The predicted molar refractivity (Wildman–Crippen MR) is 104 cm³/mol. The highest BCUT2D eigenvalue weighted by Gasteiger charge is 2.19. The number of oxazole rings is 1. The SMILES string of the molecule is CCOC(Cc1ccc(OCc2coc(-c3ccccc3)n2)cc1C)C(=O)O. The number of carbonyl (C=O) groups is 1. The molecule has 0 spiro atoms. The van der Waals surface area contributed by atoms with E-state index < -0.39 is 12.1 Å². The number of nitrogens with zero attached hydrogens (tertiary/aromatic N) is 1. The average molecular weight is 381 g/mol. The molecule has 3 rings (SSSR count). The van der Waals surface area contributed by atoms with Gasteiger partial charge in [0.2, 0.25) is 5.89 Å². The molecular weight excluding hydrogens is 358 g/mol. The van der Waals surface area contributed by atoms with Gasteiger partial charge >= 0.3 is 5.97 Å². The van der Waals surface area contributed by atoms with E-state index in [2.05, 4.69) is 4.98 Å². The maximum Gasteiger partial charge on any atom is 0.333 e. The lowest BCUT2D eigenvalue weighted by Gasteiger charge is -2.15. The van der Waals surface area contributed by atoms with Gasteiger partial charge in [-0.3, -0.25) is 0 Å². The van der Waals surface area contributed by atoms with Gasteiger partial charge in [0.05, 0.1) is 0 Å². The Morgan fingerprint density at radius 1 is 1.21 bits per heavy atom. The minimum absolute atomic E-state index is 0.284. The number of carboxylic acids is 1. The maximum atomic E-state index is 11.3. The minimum Gasteiger partial charge on any atom is -0.487 e. The van der Waals surface area contributed by atoms with Gasteiger partial charge in [-0.05, 0) is 49.2 Å². The molecule has 2 aromatic carbocycles. The van der Waals surface area contributed by atoms with Crippen LogP contribution in [0.5, 0.6) is 5.75 Å². The molecule has 0 aliphatic rings. The second-order valence-electron chi connectivity index (χ2n) is 6.37. The third-order valence-corrected chi connectivity index (χ3v) is 4.32. The smallest absolute Gasteiger partial charge is 0.333 e. The first-order chi connectivity index (χ1) is 13.6. The highest BCUT2D eigenvalue weighted by Crippen LogP contribution is 2.22. The topological polar surface area (TPSA) is 81.8 Å². The molecule has 3 aromatic rings. The first kappa shape index (κ1) is 19.6. The Kier molecular flexibility index (Phi) is 6.45. The molecule has 0 fully saturated rings. The lowest BCUT2D eigenvalue weighted by Crippen LogP contribution is -2.26. The molecular formula is C22H23NO5. The molecule has 1 aromatic heterocycles. The van der Waals surface area contributed by atoms with Crippen LogP contribution in [0.25, 0.3) is 11.5 Å². The summed E-state index contributed by atoms with van der Waals surface area (Å²) < 4.78 is 16.6. The highest BCUT2D eigenvalue weighted by atomic mass is 16.5. The van der Waals surface area contributed by atoms with E-state index in [1.807, 2.05) is 55.5 Å². The van der Waals surface area contributed by atoms with Crippen molar-refractivity contribution in [2.24, 2.45) is 0 Å². The summed E-state index contributed by atoms with van der Waals surface area (Å²) in [6.45, 7) is 4.36. The Morgan fingerprint density at radius 2 is 2.00 bits per heavy atom. The Balaban J connectivity index is 1.62. The first-order valence-electron chi connectivity index (χ1n) is 9.13. The molecule has 28 heavy (non-hydrogen) atoms. The van der Waals surface area contributed by atoms with E-state index in [1.165, 1.54) is 0 Å². The van der Waals surface area contributed by atoms with Gasteiger partial charge < -0.3 is 19.0 Å². The van der Waals surface area contributed by atoms with Gasteiger partial charge in [-0.15, -0.1) is 0 Å². The van der Waals surface area contributed by atoms with Crippen molar-refractivity contribution in [2.75, 3.05) is 6.61 Å². The summed E-state index contributed by atoms with van der Waals surface area (Å²) in [6.07, 6.45) is 1.06. The molecule has 1 N–H and O–H groups in total. The molecule has 6 nitrogen and oxygen atoms in total. The summed E-state index contributed by atoms with van der Waals surface area (Å²) in [5, 5.41) is 9.24. The van der Waals surface area contributed by atoms with Crippen molar-refractivity contribution in [3.63, 3.8) is 0 Å². The Bertz CT molecular complexity index is 920. The molecule has 0 radical (unpaired) electrons. The number of aliphatic carboxylic acids is 1. The summed E-state index contributed by atoms with van der Waals surface area (Å²) in [6, 6.07) is 15.3. The van der Waals surface area contributed by atoms with Crippen molar-refractivity contribution >= 4 is 5.97 Å². The number of ether oxygens (including phenoxy) is 2. The molecule has 0 amide bonds. The Hall–Kier alpha value is -3.12. The van der Waals surface area contributed by atoms with Crippen LogP contribution in [-0.4, -0.2) is 28.8 Å². The number of carboxylic acid groups (broad SMARTS) is 1. The molecule has 0 saturated heterocycles. The van der Waals surface area contributed by atoms with Gasteiger partial charge in [0, 0.05) is 18.6 Å². The van der Waals surface area contributed by atoms with Crippen LogP contribution in [0.3, 0.4) is 0 Å². The zero-order chi connectivity index (χ0) is 19.9. The normalized spacial score (nSPS) is 11.9. The van der Waals surface area contributed by atoms with E-state index >= 15 is 0 Å². The van der Waals surface area contributed by atoms with Crippen LogP contribution < -0.4 is 4.74 Å². The zero-order valence-electron chi connectivity index (χ0n) is 15.9. The van der Waals surface area contributed by atoms with E-state index in [4.69, 9.17) is 13.9 Å². The van der Waals surface area contributed by atoms with Crippen LogP contribution in [0.15, 0.2) is 59.2 Å². The number of hydrogen-bond acceptors (Lipinski definition) is 5. The molecule has 0 aliphatic heterocycles. The molecule has 146 valence electrons. The number of aromatic nitrogens is 1. The fourth-order valence-corrected chi connectivity index (χ4v) is 2.85. The van der Waals surface area contributed by atoms with Gasteiger partial charge in [0.15, 0.2) is 6.10 Å². The van der Waals surface area contributed by atoms with E-state index in [0.717, 1.165) is 16.7 Å². The van der Waals surface area contributed by atoms with Gasteiger partial charge in [0.25, 0.3) is 0 Å². The van der Waals surface area contributed by atoms with Crippen molar-refractivity contribution in [3.05, 3.63) is 71.6 Å². The zero-order valence-corrected chi connectivity index (χ0v) is 15.9. The van der Waals surface area contributed by atoms with Crippen molar-refractivity contribution < 1.29 is 23.8 Å². The van der Waals surface area contributed by atoms with E-state index in [1.54, 1.807) is 13.2 Å². The maximum absolute atomic E-state index is 11.3. The number of rotatable bonds is 9. The monoisotopic (exact) mass is 381 g/mol. The second kappa shape index (κ2) is 9.19. The first-order valence-corrected chi connectivity index (χ1v) is 9.13. The predicted octanol–water partition coefficient (Wildman–Crippen LogP) is 4.26. The van der Waals surface area contributed by atoms with Crippen molar-refractivity contribution in [1.29, 1.82) is 0 Å². The molecule has 6 heteroatoms. The molecule has 1 heterocycles. The van der Waals surface area contributed by atoms with Gasteiger partial charge in [0.1, 0.15) is 24.3 Å². The van der Waals surface area contributed by atoms with Gasteiger partial charge in [-0.1, -0.05) is 24.3 Å². The summed E-state index contributed by atoms with van der Waals surface area (Å²) in [4.78, 5) is 15.7. The van der Waals surface area contributed by atoms with Crippen LogP contribution in [0.1, 0.15) is 23.7 Å². The van der Waals surface area contributed by atoms with E-state index in [9.17, 15) is 9.90 Å². The number of aryl methyl sites for hydroxylation is 1. The number of hydrogen-bond donors (Lipinski definition) is 1. The second-order valence-corrected chi connectivity index (χ2v) is 6.37. The van der Waals surface area contributed by atoms with Crippen LogP contribution in [0.2, 0.25) is 0 Å². The fourth-order valence-electron chi connectivity index (χ4n) is 2.85. The average Bonchev–Trinajstić information content (AvgIpc) is 3.17. The summed E-state index contributed by atoms with van der Waals surface area (Å²) >= 11 is 0.